The van der Waals surface area contributed by atoms with Gasteiger partial charge in [0.15, 0.2) is 11.5 Å². The van der Waals surface area contributed by atoms with E-state index in [4.69, 9.17) is 5.10 Å². The fourth-order valence-corrected chi connectivity index (χ4v) is 7.12. The van der Waals surface area contributed by atoms with Crippen molar-refractivity contribution in [3.63, 3.8) is 0 Å². The minimum Gasteiger partial charge on any atom is -0.364 e. The number of carbonyl (C=O) groups excluding carboxylic acids is 1. The van der Waals surface area contributed by atoms with Crippen molar-refractivity contribution < 1.29 is 4.79 Å². The summed E-state index contributed by atoms with van der Waals surface area (Å²) in [5, 5.41) is 19.7. The summed E-state index contributed by atoms with van der Waals surface area (Å²) in [4.78, 5) is 16.4. The topological polar surface area (TPSA) is 75.4 Å². The van der Waals surface area contributed by atoms with E-state index in [1.165, 1.54) is 80.5 Å². The molecule has 0 aliphatic rings. The Kier molecular flexibility index (Phi) is 14.3. The van der Waals surface area contributed by atoms with Crippen molar-refractivity contribution in [3.05, 3.63) is 52.2 Å². The maximum absolute atomic E-state index is 12.8. The first-order valence-corrected chi connectivity index (χ1v) is 19.1. The van der Waals surface area contributed by atoms with E-state index in [2.05, 4.69) is 80.2 Å². The summed E-state index contributed by atoms with van der Waals surface area (Å²) in [5.41, 5.74) is 3.22. The largest absolute Gasteiger partial charge is 0.364 e. The quantitative estimate of drug-likeness (QED) is 0.0957. The zero-order valence-electron chi connectivity index (χ0n) is 29.9. The van der Waals surface area contributed by atoms with Crippen LogP contribution in [0, 0.1) is 0 Å². The molecule has 0 radical (unpaired) electrons. The maximum Gasteiger partial charge on any atom is 0.224 e. The van der Waals surface area contributed by atoms with Crippen LogP contribution in [0.25, 0.3) is 23.1 Å². The molecule has 0 saturated carbocycles. The molecule has 8 heteroatoms. The number of hydrogen-bond donors (Lipinski definition) is 1. The van der Waals surface area contributed by atoms with Gasteiger partial charge < -0.3 is 10.2 Å². The molecule has 0 atom stereocenters. The van der Waals surface area contributed by atoms with Crippen LogP contribution in [0.5, 0.6) is 0 Å². The van der Waals surface area contributed by atoms with Crippen LogP contribution in [0.3, 0.4) is 0 Å². The molecule has 4 aromatic rings. The summed E-state index contributed by atoms with van der Waals surface area (Å²) in [6.07, 6.45) is 19.2. The summed E-state index contributed by atoms with van der Waals surface area (Å²) < 4.78 is 1.87. The molecule has 0 aliphatic heterocycles. The molecule has 0 bridgehead atoms. The van der Waals surface area contributed by atoms with Crippen LogP contribution in [0.15, 0.2) is 36.4 Å². The average molecular weight is 659 g/mol. The Labute approximate surface area is 287 Å². The number of carbonyl (C=O) groups is 1. The van der Waals surface area contributed by atoms with Crippen LogP contribution in [0.2, 0.25) is 0 Å². The van der Waals surface area contributed by atoms with Gasteiger partial charge in [0, 0.05) is 46.3 Å². The summed E-state index contributed by atoms with van der Waals surface area (Å²) >= 11 is 1.81. The summed E-state index contributed by atoms with van der Waals surface area (Å²) in [6, 6.07) is 12.3. The highest BCUT2D eigenvalue weighted by molar-refractivity contribution is 7.16. The van der Waals surface area contributed by atoms with Gasteiger partial charge in [0.1, 0.15) is 0 Å². The van der Waals surface area contributed by atoms with Crippen molar-refractivity contribution in [3.8, 4) is 11.4 Å². The minimum absolute atomic E-state index is 0.0643. The fourth-order valence-electron chi connectivity index (χ4n) is 6.08. The van der Waals surface area contributed by atoms with Gasteiger partial charge in [-0.1, -0.05) is 117 Å². The van der Waals surface area contributed by atoms with E-state index in [-0.39, 0.29) is 11.3 Å². The van der Waals surface area contributed by atoms with Crippen molar-refractivity contribution in [1.82, 2.24) is 19.8 Å². The van der Waals surface area contributed by atoms with E-state index in [0.717, 1.165) is 53.7 Å². The zero-order chi connectivity index (χ0) is 33.6. The first-order valence-electron chi connectivity index (χ1n) is 18.3. The van der Waals surface area contributed by atoms with Gasteiger partial charge in [0.2, 0.25) is 5.91 Å². The molecule has 3 aromatic heterocycles. The van der Waals surface area contributed by atoms with Crippen molar-refractivity contribution in [1.29, 1.82) is 0 Å². The van der Waals surface area contributed by atoms with Crippen molar-refractivity contribution >= 4 is 39.7 Å². The molecule has 1 aromatic carbocycles. The van der Waals surface area contributed by atoms with Crippen molar-refractivity contribution in [2.45, 2.75) is 137 Å². The number of anilines is 2. The number of nitrogens with one attached hydrogen (secondary N) is 1. The van der Waals surface area contributed by atoms with E-state index in [1.54, 1.807) is 0 Å². The number of fused-ring (bicyclic) bond motifs is 1. The van der Waals surface area contributed by atoms with Crippen LogP contribution in [-0.4, -0.2) is 38.8 Å². The van der Waals surface area contributed by atoms with Gasteiger partial charge in [-0.2, -0.15) is 9.61 Å². The second kappa shape index (κ2) is 18.3. The Morgan fingerprint density at radius 1 is 0.872 bits per heavy atom. The van der Waals surface area contributed by atoms with Crippen LogP contribution < -0.4 is 15.4 Å². The Morgan fingerprint density at radius 2 is 1.55 bits per heavy atom. The molecular formula is C39H58N6OS. The number of amides is 1. The maximum atomic E-state index is 12.8. The normalized spacial score (nSPS) is 12.3. The monoisotopic (exact) mass is 658 g/mol. The molecule has 0 fully saturated rings. The lowest BCUT2D eigenvalue weighted by Crippen LogP contribution is -2.22. The number of hydrogen-bond acceptors (Lipinski definition) is 6. The third-order valence-corrected chi connectivity index (χ3v) is 9.93. The predicted octanol–water partition coefficient (Wildman–Crippen LogP) is 9.96. The van der Waals surface area contributed by atoms with Crippen molar-refractivity contribution in [2.75, 3.05) is 23.3 Å². The number of rotatable bonds is 20. The molecule has 256 valence electrons. The average Bonchev–Trinajstić information content (AvgIpc) is 3.77. The summed E-state index contributed by atoms with van der Waals surface area (Å²) in [7, 11) is 0. The van der Waals surface area contributed by atoms with Crippen LogP contribution in [0.1, 0.15) is 142 Å². The van der Waals surface area contributed by atoms with Gasteiger partial charge in [-0.15, -0.1) is 21.5 Å². The summed E-state index contributed by atoms with van der Waals surface area (Å²) in [5.74, 6) is 0.740. The van der Waals surface area contributed by atoms with E-state index >= 15 is 0 Å². The molecule has 7 nitrogen and oxygen atoms in total. The minimum atomic E-state index is -0.176. The van der Waals surface area contributed by atoms with Gasteiger partial charge >= 0.3 is 0 Å². The molecule has 47 heavy (non-hydrogen) atoms. The second-order valence-corrected chi connectivity index (χ2v) is 15.0. The Bertz CT molecular complexity index is 1580. The molecule has 1 N–H and O–H groups in total. The lowest BCUT2D eigenvalue weighted by molar-refractivity contribution is -0.116. The SMILES string of the molecule is CCCCCCCCCCCCCC(=O)Nc1cccc(-c2nnc3c(=Cc4ccc(N(CC)CCCC)s4)c(C(C)(C)C)nn23)c1. The molecule has 0 unspecified atom stereocenters. The molecule has 0 saturated heterocycles. The first-order chi connectivity index (χ1) is 22.7. The van der Waals surface area contributed by atoms with Gasteiger partial charge in [-0.3, -0.25) is 4.79 Å². The lowest BCUT2D eigenvalue weighted by atomic mass is 9.91. The Balaban J connectivity index is 1.41. The Morgan fingerprint density at radius 3 is 2.21 bits per heavy atom. The molecule has 3 heterocycles. The first kappa shape index (κ1) is 36.6. The fraction of sp³-hybridized carbons (Fsp3) is 0.590. The number of aromatic nitrogens is 4. The molecule has 0 aliphatic carbocycles. The van der Waals surface area contributed by atoms with Crippen molar-refractivity contribution in [2.24, 2.45) is 0 Å². The highest BCUT2D eigenvalue weighted by Crippen LogP contribution is 2.28. The third kappa shape index (κ3) is 10.6. The number of unbranched alkanes of at least 4 members (excludes halogenated alkanes) is 11. The van der Waals surface area contributed by atoms with E-state index in [1.807, 2.05) is 40.1 Å². The van der Waals surface area contributed by atoms with Gasteiger partial charge in [0.25, 0.3) is 0 Å². The van der Waals surface area contributed by atoms with Crippen LogP contribution in [-0.2, 0) is 10.2 Å². The molecular weight excluding hydrogens is 601 g/mol. The van der Waals surface area contributed by atoms with Gasteiger partial charge in [0.05, 0.1) is 10.7 Å². The highest BCUT2D eigenvalue weighted by Gasteiger charge is 2.24. The predicted molar refractivity (Wildman–Crippen MR) is 201 cm³/mol. The number of nitrogens with zero attached hydrogens (tertiary/aromatic N) is 5. The van der Waals surface area contributed by atoms with Crippen LogP contribution >= 0.6 is 11.3 Å². The highest BCUT2D eigenvalue weighted by atomic mass is 32.1. The number of benzene rings is 1. The zero-order valence-corrected chi connectivity index (χ0v) is 30.7. The Hall–Kier alpha value is -3.26. The van der Waals surface area contributed by atoms with E-state index in [9.17, 15) is 4.79 Å². The third-order valence-electron chi connectivity index (χ3n) is 8.83. The molecule has 1 amide bonds. The van der Waals surface area contributed by atoms with Crippen LogP contribution in [0.4, 0.5) is 10.7 Å². The lowest BCUT2D eigenvalue weighted by Gasteiger charge is -2.20. The van der Waals surface area contributed by atoms with E-state index < -0.39 is 0 Å². The smallest absolute Gasteiger partial charge is 0.224 e. The molecule has 0 spiro atoms. The van der Waals surface area contributed by atoms with Gasteiger partial charge in [-0.05, 0) is 50.1 Å². The van der Waals surface area contributed by atoms with E-state index in [0.29, 0.717) is 12.2 Å². The second-order valence-electron chi connectivity index (χ2n) is 13.9. The summed E-state index contributed by atoms with van der Waals surface area (Å²) in [6.45, 7) is 15.4. The standard InChI is InChI=1S/C39H58N6OS/c1-7-10-12-13-14-15-16-17-18-19-20-24-34(46)40-31-23-21-22-30(28-31)37-41-42-38-33(36(39(4,5)6)43-45(37)38)29-32-25-26-35(47-32)44(9-3)27-11-8-2/h21-23,25-26,28-29H,7-20,24,27H2,1-6H3,(H,40,46). The molecule has 4 rings (SSSR count). The number of thiophene rings is 1. The van der Waals surface area contributed by atoms with Gasteiger partial charge in [-0.25, -0.2) is 0 Å².